The first-order valence-electron chi connectivity index (χ1n) is 6.62. The Morgan fingerprint density at radius 1 is 1.59 bits per heavy atom. The van der Waals surface area contributed by atoms with E-state index in [0.717, 1.165) is 26.2 Å². The Labute approximate surface area is 105 Å². The van der Waals surface area contributed by atoms with Crippen molar-refractivity contribution in [1.29, 1.82) is 0 Å². The quantitative estimate of drug-likeness (QED) is 0.655. The van der Waals surface area contributed by atoms with Gasteiger partial charge in [-0.05, 0) is 18.4 Å². The Kier molecular flexibility index (Phi) is 4.24. The van der Waals surface area contributed by atoms with Gasteiger partial charge in [-0.15, -0.1) is 0 Å². The van der Waals surface area contributed by atoms with Gasteiger partial charge in [0.05, 0.1) is 12.7 Å². The largest absolute Gasteiger partial charge is 0.380 e. The van der Waals surface area contributed by atoms with Crippen LogP contribution in [-0.4, -0.2) is 55.2 Å². The van der Waals surface area contributed by atoms with Gasteiger partial charge in [-0.25, -0.2) is 0 Å². The zero-order valence-electron chi connectivity index (χ0n) is 11.1. The zero-order valence-corrected chi connectivity index (χ0v) is 11.1. The van der Waals surface area contributed by atoms with Gasteiger partial charge in [0, 0.05) is 38.9 Å². The third-order valence-electron chi connectivity index (χ3n) is 3.62. The molecule has 2 aliphatic rings. The molecular weight excluding hydrogens is 212 g/mol. The molecule has 0 aromatic heterocycles. The molecular formula is C14H24N2O. The number of nitrogens with zero attached hydrogens (tertiary/aromatic N) is 2. The van der Waals surface area contributed by atoms with Gasteiger partial charge in [0.15, 0.2) is 0 Å². The van der Waals surface area contributed by atoms with Gasteiger partial charge >= 0.3 is 0 Å². The summed E-state index contributed by atoms with van der Waals surface area (Å²) in [5, 5.41) is 0. The van der Waals surface area contributed by atoms with E-state index >= 15 is 0 Å². The molecule has 2 fully saturated rings. The molecule has 0 saturated carbocycles. The lowest BCUT2D eigenvalue weighted by Gasteiger charge is -2.27. The number of ether oxygens (including phenoxy) is 1. The molecule has 96 valence electrons. The third-order valence-corrected chi connectivity index (χ3v) is 3.62. The molecule has 0 N–H and O–H groups in total. The van der Waals surface area contributed by atoms with Crippen LogP contribution in [0.4, 0.5) is 0 Å². The van der Waals surface area contributed by atoms with E-state index in [1.165, 1.54) is 18.4 Å². The summed E-state index contributed by atoms with van der Waals surface area (Å²) in [4.78, 5) is 4.78. The van der Waals surface area contributed by atoms with Crippen molar-refractivity contribution in [2.24, 2.45) is 0 Å². The van der Waals surface area contributed by atoms with Gasteiger partial charge in [-0.1, -0.05) is 19.6 Å². The molecule has 2 rings (SSSR count). The number of rotatable bonds is 6. The summed E-state index contributed by atoms with van der Waals surface area (Å²) in [5.41, 5.74) is 1.31. The third kappa shape index (κ3) is 3.11. The highest BCUT2D eigenvalue weighted by molar-refractivity contribution is 5.18. The molecule has 0 aliphatic carbocycles. The second-order valence-corrected chi connectivity index (χ2v) is 5.16. The molecule has 0 unspecified atom stereocenters. The van der Waals surface area contributed by atoms with Crippen LogP contribution in [0.25, 0.3) is 0 Å². The normalized spacial score (nSPS) is 28.7. The van der Waals surface area contributed by atoms with Gasteiger partial charge < -0.3 is 9.64 Å². The summed E-state index contributed by atoms with van der Waals surface area (Å²) in [7, 11) is 2.13. The number of morpholine rings is 1. The van der Waals surface area contributed by atoms with Crippen LogP contribution in [-0.2, 0) is 4.74 Å². The van der Waals surface area contributed by atoms with Gasteiger partial charge in [-0.2, -0.15) is 0 Å². The van der Waals surface area contributed by atoms with E-state index in [-0.39, 0.29) is 0 Å². The van der Waals surface area contributed by atoms with Crippen LogP contribution < -0.4 is 0 Å². The standard InChI is InChI=1S/C14H24N2O/c1-4-6-15(3)8-12(5-2)9-16-10-14-7-13(16)11-17-14/h5,8,13-14H,2,4,6-7,9-11H2,1,3H3/b12-8+/t13-,14-/m1/s1. The van der Waals surface area contributed by atoms with E-state index in [4.69, 9.17) is 4.74 Å². The number of fused-ring (bicyclic) bond motifs is 2. The highest BCUT2D eigenvalue weighted by atomic mass is 16.5. The van der Waals surface area contributed by atoms with E-state index < -0.39 is 0 Å². The van der Waals surface area contributed by atoms with E-state index in [2.05, 4.69) is 36.6 Å². The minimum absolute atomic E-state index is 0.486. The van der Waals surface area contributed by atoms with E-state index in [1.54, 1.807) is 0 Å². The van der Waals surface area contributed by atoms with E-state index in [0.29, 0.717) is 12.1 Å². The van der Waals surface area contributed by atoms with Crippen molar-refractivity contribution < 1.29 is 4.74 Å². The Morgan fingerprint density at radius 2 is 2.41 bits per heavy atom. The molecule has 0 aromatic rings. The van der Waals surface area contributed by atoms with Gasteiger partial charge in [0.1, 0.15) is 0 Å². The molecule has 2 bridgehead atoms. The number of hydrogen-bond acceptors (Lipinski definition) is 3. The first-order chi connectivity index (χ1) is 8.22. The van der Waals surface area contributed by atoms with Crippen LogP contribution in [0, 0.1) is 0 Å². The van der Waals surface area contributed by atoms with Gasteiger partial charge in [0.25, 0.3) is 0 Å². The Bertz CT molecular complexity index is 301. The fourth-order valence-corrected chi connectivity index (χ4v) is 2.77. The molecule has 3 nitrogen and oxygen atoms in total. The minimum atomic E-state index is 0.486. The molecule has 3 heteroatoms. The van der Waals surface area contributed by atoms with Crippen LogP contribution in [0.1, 0.15) is 19.8 Å². The van der Waals surface area contributed by atoms with Gasteiger partial charge in [-0.3, -0.25) is 4.90 Å². The van der Waals surface area contributed by atoms with Crippen molar-refractivity contribution in [1.82, 2.24) is 9.80 Å². The Morgan fingerprint density at radius 3 is 2.94 bits per heavy atom. The van der Waals surface area contributed by atoms with Crippen LogP contribution in [0.5, 0.6) is 0 Å². The highest BCUT2D eigenvalue weighted by Crippen LogP contribution is 2.28. The molecule has 0 radical (unpaired) electrons. The predicted molar refractivity (Wildman–Crippen MR) is 70.9 cm³/mol. The summed E-state index contributed by atoms with van der Waals surface area (Å²) >= 11 is 0. The maximum Gasteiger partial charge on any atom is 0.0718 e. The lowest BCUT2D eigenvalue weighted by atomic mass is 10.2. The molecule has 0 amide bonds. The van der Waals surface area contributed by atoms with Crippen molar-refractivity contribution in [3.05, 3.63) is 24.4 Å². The molecule has 17 heavy (non-hydrogen) atoms. The summed E-state index contributed by atoms with van der Waals surface area (Å²) in [6, 6.07) is 0.639. The van der Waals surface area contributed by atoms with Crippen molar-refractivity contribution in [2.75, 3.05) is 33.3 Å². The second-order valence-electron chi connectivity index (χ2n) is 5.16. The Balaban J connectivity index is 1.89. The average Bonchev–Trinajstić information content (AvgIpc) is 2.90. The average molecular weight is 236 g/mol. The van der Waals surface area contributed by atoms with Crippen molar-refractivity contribution >= 4 is 0 Å². The minimum Gasteiger partial charge on any atom is -0.380 e. The smallest absolute Gasteiger partial charge is 0.0718 e. The van der Waals surface area contributed by atoms with Crippen LogP contribution in [0.3, 0.4) is 0 Å². The lowest BCUT2D eigenvalue weighted by molar-refractivity contribution is 0.0347. The van der Waals surface area contributed by atoms with Gasteiger partial charge in [0.2, 0.25) is 0 Å². The van der Waals surface area contributed by atoms with Crippen LogP contribution in [0.2, 0.25) is 0 Å². The molecule has 2 aliphatic heterocycles. The van der Waals surface area contributed by atoms with E-state index in [1.807, 2.05) is 6.08 Å². The fraction of sp³-hybridized carbons (Fsp3) is 0.714. The van der Waals surface area contributed by atoms with E-state index in [9.17, 15) is 0 Å². The lowest BCUT2D eigenvalue weighted by Crippen LogP contribution is -2.38. The topological polar surface area (TPSA) is 15.7 Å². The molecule has 2 heterocycles. The van der Waals surface area contributed by atoms with Crippen molar-refractivity contribution in [3.8, 4) is 0 Å². The maximum absolute atomic E-state index is 5.62. The monoisotopic (exact) mass is 236 g/mol. The second kappa shape index (κ2) is 5.69. The van der Waals surface area contributed by atoms with Crippen molar-refractivity contribution in [3.63, 3.8) is 0 Å². The number of likely N-dealkylation sites (tertiary alicyclic amines) is 1. The summed E-state index contributed by atoms with van der Waals surface area (Å²) < 4.78 is 5.62. The Hall–Kier alpha value is -0.800. The number of hydrogen-bond donors (Lipinski definition) is 0. The molecule has 2 atom stereocenters. The summed E-state index contributed by atoms with van der Waals surface area (Å²) in [6.45, 7) is 10.3. The molecule has 0 aromatic carbocycles. The molecule has 2 saturated heterocycles. The highest BCUT2D eigenvalue weighted by Gasteiger charge is 2.38. The summed E-state index contributed by atoms with van der Waals surface area (Å²) in [6.07, 6.45) is 7.09. The maximum atomic E-state index is 5.62. The SMILES string of the molecule is C=C/C(=C\N(C)CCC)CN1C[C@H]2C[C@@H]1CO2. The fourth-order valence-electron chi connectivity index (χ4n) is 2.77. The van der Waals surface area contributed by atoms with Crippen LogP contribution >= 0.6 is 0 Å². The zero-order chi connectivity index (χ0) is 12.3. The van der Waals surface area contributed by atoms with Crippen molar-refractivity contribution in [2.45, 2.75) is 31.9 Å². The molecule has 0 spiro atoms. The summed E-state index contributed by atoms with van der Waals surface area (Å²) in [5.74, 6) is 0. The van der Waals surface area contributed by atoms with Crippen LogP contribution in [0.15, 0.2) is 24.4 Å². The first-order valence-corrected chi connectivity index (χ1v) is 6.62. The first kappa shape index (κ1) is 12.7. The predicted octanol–water partition coefficient (Wildman–Crippen LogP) is 1.87.